The van der Waals surface area contributed by atoms with Crippen LogP contribution in [0.1, 0.15) is 5.56 Å². The molecule has 0 heterocycles. The molecule has 0 aromatic heterocycles. The Labute approximate surface area is 102 Å². The van der Waals surface area contributed by atoms with Gasteiger partial charge in [-0.25, -0.2) is 12.8 Å². The summed E-state index contributed by atoms with van der Waals surface area (Å²) in [5, 5.41) is 9.51. The zero-order chi connectivity index (χ0) is 12.3. The van der Waals surface area contributed by atoms with Crippen molar-refractivity contribution in [1.82, 2.24) is 0 Å². The van der Waals surface area contributed by atoms with Gasteiger partial charge in [-0.15, -0.1) is 0 Å². The Balaban J connectivity index is 2.70. The Morgan fingerprint density at radius 1 is 1.50 bits per heavy atom. The third-order valence-corrected chi connectivity index (χ3v) is 3.55. The van der Waals surface area contributed by atoms with E-state index in [1.54, 1.807) is 0 Å². The Morgan fingerprint density at radius 3 is 2.62 bits per heavy atom. The topological polar surface area (TPSA) is 54.4 Å². The first-order valence-corrected chi connectivity index (χ1v) is 7.43. The Hall–Kier alpha value is -0.460. The van der Waals surface area contributed by atoms with Crippen LogP contribution in [0.2, 0.25) is 0 Å². The Kier molecular flexibility index (Phi) is 4.46. The average Bonchev–Trinajstić information content (AvgIpc) is 2.08. The van der Waals surface area contributed by atoms with Crippen LogP contribution in [0.15, 0.2) is 22.7 Å². The monoisotopic (exact) mass is 310 g/mol. The fraction of sp³-hybridized carbons (Fsp3) is 0.400. The summed E-state index contributed by atoms with van der Waals surface area (Å²) in [7, 11) is -3.20. The maximum Gasteiger partial charge on any atom is 0.150 e. The van der Waals surface area contributed by atoms with E-state index in [0.29, 0.717) is 10.0 Å². The fourth-order valence-corrected chi connectivity index (χ4v) is 2.59. The summed E-state index contributed by atoms with van der Waals surface area (Å²) in [6.07, 6.45) is 0.287. The fourth-order valence-electron chi connectivity index (χ4n) is 1.35. The highest BCUT2D eigenvalue weighted by Gasteiger charge is 2.13. The molecule has 1 N–H and O–H groups in total. The minimum absolute atomic E-state index is 0.186. The van der Waals surface area contributed by atoms with Crippen molar-refractivity contribution in [2.45, 2.75) is 12.5 Å². The van der Waals surface area contributed by atoms with Crippen LogP contribution in [0.5, 0.6) is 0 Å². The van der Waals surface area contributed by atoms with Crippen molar-refractivity contribution >= 4 is 25.8 Å². The van der Waals surface area contributed by atoms with E-state index >= 15 is 0 Å². The van der Waals surface area contributed by atoms with E-state index in [1.807, 2.05) is 0 Å². The van der Waals surface area contributed by atoms with Gasteiger partial charge in [0.2, 0.25) is 0 Å². The molecule has 6 heteroatoms. The number of rotatable bonds is 4. The second-order valence-electron chi connectivity index (χ2n) is 3.70. The molecule has 0 amide bonds. The average molecular weight is 311 g/mol. The maximum atomic E-state index is 12.9. The molecule has 1 aromatic rings. The molecular formula is C10H12BrFO3S. The van der Waals surface area contributed by atoms with Gasteiger partial charge < -0.3 is 5.11 Å². The SMILES string of the molecule is CS(=O)(=O)CC(O)Cc1ccc(F)c(Br)c1. The molecule has 90 valence electrons. The van der Waals surface area contributed by atoms with E-state index in [0.717, 1.165) is 6.26 Å². The van der Waals surface area contributed by atoms with Gasteiger partial charge in [-0.2, -0.15) is 0 Å². The lowest BCUT2D eigenvalue weighted by Crippen LogP contribution is -2.22. The Morgan fingerprint density at radius 2 is 2.12 bits per heavy atom. The Bertz CT molecular complexity index is 473. The number of benzene rings is 1. The minimum atomic E-state index is -3.20. The molecule has 0 fully saturated rings. The predicted octanol–water partition coefficient (Wildman–Crippen LogP) is 1.54. The summed E-state index contributed by atoms with van der Waals surface area (Å²) in [6, 6.07) is 4.32. The van der Waals surface area contributed by atoms with Gasteiger partial charge in [0.15, 0.2) is 0 Å². The van der Waals surface area contributed by atoms with Gasteiger partial charge in [-0.3, -0.25) is 0 Å². The summed E-state index contributed by atoms with van der Waals surface area (Å²) in [5.74, 6) is -0.677. The normalized spacial score (nSPS) is 13.8. The molecule has 0 aliphatic carbocycles. The summed E-state index contributed by atoms with van der Waals surface area (Å²) in [4.78, 5) is 0. The highest BCUT2D eigenvalue weighted by molar-refractivity contribution is 9.10. The smallest absolute Gasteiger partial charge is 0.150 e. The van der Waals surface area contributed by atoms with E-state index in [9.17, 15) is 17.9 Å². The molecule has 3 nitrogen and oxygen atoms in total. The standard InChI is InChI=1S/C10H12BrFO3S/c1-16(14,15)6-8(13)4-7-2-3-10(12)9(11)5-7/h2-3,5,8,13H,4,6H2,1H3. The quantitative estimate of drug-likeness (QED) is 0.917. The third-order valence-electron chi connectivity index (χ3n) is 1.95. The van der Waals surface area contributed by atoms with Crippen LogP contribution in [0.3, 0.4) is 0 Å². The molecule has 0 saturated heterocycles. The highest BCUT2D eigenvalue weighted by Crippen LogP contribution is 2.18. The molecule has 0 radical (unpaired) electrons. The molecule has 0 spiro atoms. The maximum absolute atomic E-state index is 12.9. The molecule has 1 atom stereocenters. The van der Waals surface area contributed by atoms with Crippen molar-refractivity contribution in [2.75, 3.05) is 12.0 Å². The van der Waals surface area contributed by atoms with Gasteiger partial charge in [-0.05, 0) is 40.0 Å². The number of hydrogen-bond donors (Lipinski definition) is 1. The molecule has 0 aliphatic rings. The number of sulfone groups is 1. The lowest BCUT2D eigenvalue weighted by molar-refractivity contribution is 0.198. The zero-order valence-corrected chi connectivity index (χ0v) is 11.1. The first-order chi connectivity index (χ1) is 7.28. The van der Waals surface area contributed by atoms with Crippen LogP contribution in [0, 0.1) is 5.82 Å². The summed E-state index contributed by atoms with van der Waals surface area (Å²) < 4.78 is 35.1. The second kappa shape index (κ2) is 5.25. The third kappa shape index (κ3) is 4.59. The van der Waals surface area contributed by atoms with Gasteiger partial charge in [0.25, 0.3) is 0 Å². The van der Waals surface area contributed by atoms with Crippen LogP contribution < -0.4 is 0 Å². The first kappa shape index (κ1) is 13.6. The molecule has 0 saturated carbocycles. The molecule has 0 aliphatic heterocycles. The van der Waals surface area contributed by atoms with E-state index in [-0.39, 0.29) is 18.0 Å². The van der Waals surface area contributed by atoms with Crippen molar-refractivity contribution in [2.24, 2.45) is 0 Å². The molecule has 16 heavy (non-hydrogen) atoms. The summed E-state index contributed by atoms with van der Waals surface area (Å²) in [6.45, 7) is 0. The van der Waals surface area contributed by atoms with Crippen molar-refractivity contribution in [3.05, 3.63) is 34.1 Å². The van der Waals surface area contributed by atoms with Gasteiger partial charge >= 0.3 is 0 Å². The van der Waals surface area contributed by atoms with E-state index in [2.05, 4.69) is 15.9 Å². The number of aliphatic hydroxyl groups excluding tert-OH is 1. The van der Waals surface area contributed by atoms with Crippen molar-refractivity contribution in [3.8, 4) is 0 Å². The summed E-state index contributed by atoms with van der Waals surface area (Å²) >= 11 is 3.02. The van der Waals surface area contributed by atoms with Crippen molar-refractivity contribution < 1.29 is 17.9 Å². The van der Waals surface area contributed by atoms with E-state index in [1.165, 1.54) is 18.2 Å². The van der Waals surface area contributed by atoms with Crippen molar-refractivity contribution in [3.63, 3.8) is 0 Å². The molecule has 1 unspecified atom stereocenters. The lowest BCUT2D eigenvalue weighted by atomic mass is 10.1. The van der Waals surface area contributed by atoms with Gasteiger partial charge in [0.1, 0.15) is 15.7 Å². The predicted molar refractivity (Wildman–Crippen MR) is 63.5 cm³/mol. The van der Waals surface area contributed by atoms with Gasteiger partial charge in [0.05, 0.1) is 16.3 Å². The minimum Gasteiger partial charge on any atom is -0.392 e. The summed E-state index contributed by atoms with van der Waals surface area (Å²) in [5.41, 5.74) is 0.685. The van der Waals surface area contributed by atoms with E-state index < -0.39 is 15.9 Å². The first-order valence-electron chi connectivity index (χ1n) is 4.57. The highest BCUT2D eigenvalue weighted by atomic mass is 79.9. The zero-order valence-electron chi connectivity index (χ0n) is 8.65. The lowest BCUT2D eigenvalue weighted by Gasteiger charge is -2.09. The van der Waals surface area contributed by atoms with Crippen LogP contribution in [-0.2, 0) is 16.3 Å². The van der Waals surface area contributed by atoms with Crippen LogP contribution >= 0.6 is 15.9 Å². The molecule has 1 rings (SSSR count). The largest absolute Gasteiger partial charge is 0.392 e. The number of aliphatic hydroxyl groups is 1. The van der Waals surface area contributed by atoms with Crippen molar-refractivity contribution in [1.29, 1.82) is 0 Å². The van der Waals surface area contributed by atoms with Gasteiger partial charge in [0, 0.05) is 6.26 Å². The molecular weight excluding hydrogens is 299 g/mol. The molecule has 1 aromatic carbocycles. The van der Waals surface area contributed by atoms with Gasteiger partial charge in [-0.1, -0.05) is 6.07 Å². The van der Waals surface area contributed by atoms with E-state index in [4.69, 9.17) is 0 Å². The van der Waals surface area contributed by atoms with Crippen LogP contribution in [-0.4, -0.2) is 31.6 Å². The van der Waals surface area contributed by atoms with Crippen LogP contribution in [0.25, 0.3) is 0 Å². The van der Waals surface area contributed by atoms with Crippen LogP contribution in [0.4, 0.5) is 4.39 Å². The second-order valence-corrected chi connectivity index (χ2v) is 6.74. The number of hydrogen-bond acceptors (Lipinski definition) is 3. The molecule has 0 bridgehead atoms. The number of halogens is 2.